The van der Waals surface area contributed by atoms with Crippen molar-refractivity contribution in [2.24, 2.45) is 5.73 Å². The van der Waals surface area contributed by atoms with Crippen LogP contribution in [0.1, 0.15) is 5.56 Å². The van der Waals surface area contributed by atoms with Crippen molar-refractivity contribution in [1.82, 2.24) is 0 Å². The van der Waals surface area contributed by atoms with Gasteiger partial charge >= 0.3 is 0 Å². The van der Waals surface area contributed by atoms with Crippen LogP contribution in [0.2, 0.25) is 0 Å². The van der Waals surface area contributed by atoms with E-state index in [-0.39, 0.29) is 0 Å². The molecule has 0 aliphatic rings. The van der Waals surface area contributed by atoms with Gasteiger partial charge in [0.1, 0.15) is 11.5 Å². The molecule has 0 heterocycles. The van der Waals surface area contributed by atoms with Gasteiger partial charge in [-0.15, -0.1) is 12.6 Å². The van der Waals surface area contributed by atoms with E-state index in [4.69, 9.17) is 15.2 Å². The molecule has 0 amide bonds. The zero-order valence-corrected chi connectivity index (χ0v) is 8.60. The number of thiol groups is 1. The molecule has 2 N–H and O–H groups in total. The molecule has 13 heavy (non-hydrogen) atoms. The molecule has 1 aromatic rings. The second-order valence-corrected chi connectivity index (χ2v) is 3.05. The Balaban J connectivity index is 3.25. The summed E-state index contributed by atoms with van der Waals surface area (Å²) in [5, 5.41) is 0. The van der Waals surface area contributed by atoms with Crippen molar-refractivity contribution >= 4 is 12.6 Å². The highest BCUT2D eigenvalue weighted by molar-refractivity contribution is 7.80. The Labute approximate surface area is 83.2 Å². The predicted octanol–water partition coefficient (Wildman–Crippen LogP) is 1.45. The van der Waals surface area contributed by atoms with Crippen LogP contribution in [0, 0.1) is 0 Å². The van der Waals surface area contributed by atoms with E-state index in [0.29, 0.717) is 18.0 Å². The van der Waals surface area contributed by atoms with Gasteiger partial charge in [0, 0.05) is 17.0 Å². The van der Waals surface area contributed by atoms with E-state index >= 15 is 0 Å². The summed E-state index contributed by atoms with van der Waals surface area (Å²) in [4.78, 5) is 0.797. The Hall–Kier alpha value is -0.870. The Bertz CT molecular complexity index is 277. The Kier molecular flexibility index (Phi) is 3.45. The normalized spacial score (nSPS) is 9.85. The molecule has 1 rings (SSSR count). The highest BCUT2D eigenvalue weighted by Crippen LogP contribution is 2.31. The minimum absolute atomic E-state index is 0.389. The molecule has 3 nitrogen and oxygen atoms in total. The maximum atomic E-state index is 5.57. The predicted molar refractivity (Wildman–Crippen MR) is 54.7 cm³/mol. The van der Waals surface area contributed by atoms with Gasteiger partial charge in [-0.1, -0.05) is 0 Å². The van der Waals surface area contributed by atoms with Crippen LogP contribution >= 0.6 is 12.6 Å². The van der Waals surface area contributed by atoms with Crippen LogP contribution in [0.3, 0.4) is 0 Å². The third-order valence-corrected chi connectivity index (χ3v) is 2.05. The smallest absolute Gasteiger partial charge is 0.128 e. The highest BCUT2D eigenvalue weighted by atomic mass is 32.1. The van der Waals surface area contributed by atoms with Gasteiger partial charge in [-0.25, -0.2) is 0 Å². The van der Waals surface area contributed by atoms with E-state index < -0.39 is 0 Å². The highest BCUT2D eigenvalue weighted by Gasteiger charge is 2.09. The first-order valence-corrected chi connectivity index (χ1v) is 4.31. The molecule has 0 aromatic heterocycles. The fraction of sp³-hybridized carbons (Fsp3) is 0.333. The largest absolute Gasteiger partial charge is 0.496 e. The minimum Gasteiger partial charge on any atom is -0.496 e. The number of ether oxygens (including phenoxy) is 2. The lowest BCUT2D eigenvalue weighted by molar-refractivity contribution is 0.383. The standard InChI is InChI=1S/C9H13NO2S/c1-11-8-3-6(13)4-9(12-2)7(8)5-10/h3-4,13H,5,10H2,1-2H3. The average molecular weight is 199 g/mol. The molecule has 0 aliphatic heterocycles. The monoisotopic (exact) mass is 199 g/mol. The third kappa shape index (κ3) is 2.08. The van der Waals surface area contributed by atoms with E-state index in [9.17, 15) is 0 Å². The summed E-state index contributed by atoms with van der Waals surface area (Å²) < 4.78 is 10.3. The summed E-state index contributed by atoms with van der Waals surface area (Å²) in [5.41, 5.74) is 6.43. The lowest BCUT2D eigenvalue weighted by Gasteiger charge is -2.12. The summed E-state index contributed by atoms with van der Waals surface area (Å²) in [6, 6.07) is 3.63. The van der Waals surface area contributed by atoms with Crippen molar-refractivity contribution in [3.05, 3.63) is 17.7 Å². The molecule has 0 atom stereocenters. The van der Waals surface area contributed by atoms with Gasteiger partial charge < -0.3 is 15.2 Å². The molecule has 0 saturated heterocycles. The molecule has 72 valence electrons. The molecule has 0 bridgehead atoms. The zero-order chi connectivity index (χ0) is 9.84. The van der Waals surface area contributed by atoms with Gasteiger partial charge in [0.25, 0.3) is 0 Å². The molecule has 0 aliphatic carbocycles. The van der Waals surface area contributed by atoms with Crippen LogP contribution in [0.5, 0.6) is 11.5 Å². The average Bonchev–Trinajstić information content (AvgIpc) is 2.16. The van der Waals surface area contributed by atoms with Crippen LogP contribution in [0.4, 0.5) is 0 Å². The maximum absolute atomic E-state index is 5.57. The molecule has 0 spiro atoms. The zero-order valence-electron chi connectivity index (χ0n) is 7.70. The van der Waals surface area contributed by atoms with E-state index in [1.165, 1.54) is 0 Å². The van der Waals surface area contributed by atoms with E-state index in [2.05, 4.69) is 12.6 Å². The summed E-state index contributed by atoms with van der Waals surface area (Å²) in [7, 11) is 3.20. The summed E-state index contributed by atoms with van der Waals surface area (Å²) in [6.07, 6.45) is 0. The van der Waals surface area contributed by atoms with E-state index in [0.717, 1.165) is 10.5 Å². The van der Waals surface area contributed by atoms with Crippen LogP contribution < -0.4 is 15.2 Å². The van der Waals surface area contributed by atoms with Gasteiger partial charge in [-0.3, -0.25) is 0 Å². The van der Waals surface area contributed by atoms with Crippen molar-refractivity contribution in [2.75, 3.05) is 14.2 Å². The first-order chi connectivity index (χ1) is 6.22. The fourth-order valence-electron chi connectivity index (χ4n) is 1.17. The minimum atomic E-state index is 0.389. The van der Waals surface area contributed by atoms with Crippen molar-refractivity contribution in [3.8, 4) is 11.5 Å². The van der Waals surface area contributed by atoms with Gasteiger partial charge in [0.15, 0.2) is 0 Å². The van der Waals surface area contributed by atoms with Gasteiger partial charge in [0.05, 0.1) is 14.2 Å². The Morgan fingerprint density at radius 2 is 1.69 bits per heavy atom. The van der Waals surface area contributed by atoms with Crippen LogP contribution in [-0.2, 0) is 6.54 Å². The lowest BCUT2D eigenvalue weighted by Crippen LogP contribution is -2.02. The first kappa shape index (κ1) is 10.2. The number of rotatable bonds is 3. The van der Waals surface area contributed by atoms with Gasteiger partial charge in [-0.2, -0.15) is 0 Å². The van der Waals surface area contributed by atoms with Crippen molar-refractivity contribution in [3.63, 3.8) is 0 Å². The molecule has 0 radical (unpaired) electrons. The fourth-order valence-corrected chi connectivity index (χ4v) is 1.41. The molecular formula is C9H13NO2S. The summed E-state index contributed by atoms with van der Waals surface area (Å²) >= 11 is 4.22. The SMILES string of the molecule is COc1cc(S)cc(OC)c1CN. The number of benzene rings is 1. The molecule has 0 saturated carbocycles. The number of methoxy groups -OCH3 is 2. The number of nitrogens with two attached hydrogens (primary N) is 1. The lowest BCUT2D eigenvalue weighted by atomic mass is 10.2. The molecule has 0 fully saturated rings. The third-order valence-electron chi connectivity index (χ3n) is 1.80. The van der Waals surface area contributed by atoms with Crippen LogP contribution in [0.25, 0.3) is 0 Å². The second kappa shape index (κ2) is 4.39. The first-order valence-electron chi connectivity index (χ1n) is 3.86. The van der Waals surface area contributed by atoms with Crippen LogP contribution in [-0.4, -0.2) is 14.2 Å². The molecular weight excluding hydrogens is 186 g/mol. The Morgan fingerprint density at radius 1 is 1.23 bits per heavy atom. The summed E-state index contributed by atoms with van der Waals surface area (Å²) in [6.45, 7) is 0.389. The number of hydrogen-bond donors (Lipinski definition) is 2. The van der Waals surface area contributed by atoms with Crippen molar-refractivity contribution < 1.29 is 9.47 Å². The van der Waals surface area contributed by atoms with Crippen molar-refractivity contribution in [1.29, 1.82) is 0 Å². The molecule has 4 heteroatoms. The van der Waals surface area contributed by atoms with Crippen molar-refractivity contribution in [2.45, 2.75) is 11.4 Å². The second-order valence-electron chi connectivity index (χ2n) is 2.53. The van der Waals surface area contributed by atoms with E-state index in [1.54, 1.807) is 14.2 Å². The molecule has 0 unspecified atom stereocenters. The van der Waals surface area contributed by atoms with Gasteiger partial charge in [0.2, 0.25) is 0 Å². The Morgan fingerprint density at radius 3 is 2.00 bits per heavy atom. The van der Waals surface area contributed by atoms with Gasteiger partial charge in [-0.05, 0) is 12.1 Å². The summed E-state index contributed by atoms with van der Waals surface area (Å²) in [5.74, 6) is 1.43. The quantitative estimate of drug-likeness (QED) is 0.724. The van der Waals surface area contributed by atoms with E-state index in [1.807, 2.05) is 12.1 Å². The maximum Gasteiger partial charge on any atom is 0.128 e. The number of hydrogen-bond acceptors (Lipinski definition) is 4. The topological polar surface area (TPSA) is 44.5 Å². The van der Waals surface area contributed by atoms with Crippen LogP contribution in [0.15, 0.2) is 17.0 Å². The molecule has 1 aromatic carbocycles.